The maximum atomic E-state index is 12.1. The number of benzene rings is 1. The number of amides is 2. The van der Waals surface area contributed by atoms with E-state index in [-0.39, 0.29) is 18.7 Å². The van der Waals surface area contributed by atoms with Gasteiger partial charge in [-0.05, 0) is 56.3 Å². The molecule has 3 N–H and O–H groups in total. The third-order valence-corrected chi connectivity index (χ3v) is 4.97. The molecule has 2 rings (SSSR count). The number of aliphatic hydroxyl groups excluding tert-OH is 1. The zero-order valence-electron chi connectivity index (χ0n) is 15.6. The molecule has 0 spiro atoms. The predicted octanol–water partition coefficient (Wildman–Crippen LogP) is 2.78. The average Bonchev–Trinajstić information content (AvgIpc) is 2.64. The van der Waals surface area contributed by atoms with Gasteiger partial charge in [-0.25, -0.2) is 4.79 Å². The van der Waals surface area contributed by atoms with Crippen molar-refractivity contribution in [3.63, 3.8) is 0 Å². The summed E-state index contributed by atoms with van der Waals surface area (Å²) >= 11 is 0. The molecule has 140 valence electrons. The summed E-state index contributed by atoms with van der Waals surface area (Å²) in [6.45, 7) is 8.58. The molecule has 1 aromatic carbocycles. The van der Waals surface area contributed by atoms with E-state index >= 15 is 0 Å². The Kier molecular flexibility index (Phi) is 8.22. The quantitative estimate of drug-likeness (QED) is 0.677. The van der Waals surface area contributed by atoms with Gasteiger partial charge >= 0.3 is 6.03 Å². The lowest BCUT2D eigenvalue weighted by Crippen LogP contribution is -2.43. The second-order valence-corrected chi connectivity index (χ2v) is 7.47. The van der Waals surface area contributed by atoms with Crippen LogP contribution in [0.3, 0.4) is 0 Å². The van der Waals surface area contributed by atoms with E-state index in [0.717, 1.165) is 37.4 Å². The first-order chi connectivity index (χ1) is 12.1. The summed E-state index contributed by atoms with van der Waals surface area (Å²) in [5, 5.41) is 15.3. The SMILES string of the molecule is CC(C)CCN1CCC(CNC(=O)NC(CO)c2ccccc2)CC1. The predicted molar refractivity (Wildman–Crippen MR) is 101 cm³/mol. The van der Waals surface area contributed by atoms with Crippen molar-refractivity contribution in [2.45, 2.75) is 39.2 Å². The van der Waals surface area contributed by atoms with Crippen LogP contribution < -0.4 is 10.6 Å². The fraction of sp³-hybridized carbons (Fsp3) is 0.650. The third kappa shape index (κ3) is 7.04. The van der Waals surface area contributed by atoms with Gasteiger partial charge < -0.3 is 20.6 Å². The fourth-order valence-corrected chi connectivity index (χ4v) is 3.22. The normalized spacial score (nSPS) is 17.4. The van der Waals surface area contributed by atoms with E-state index in [9.17, 15) is 9.90 Å². The first-order valence-corrected chi connectivity index (χ1v) is 9.51. The number of carbonyl (C=O) groups excluding carboxylic acids is 1. The highest BCUT2D eigenvalue weighted by atomic mass is 16.3. The first-order valence-electron chi connectivity index (χ1n) is 9.51. The minimum Gasteiger partial charge on any atom is -0.394 e. The second kappa shape index (κ2) is 10.4. The van der Waals surface area contributed by atoms with Crippen molar-refractivity contribution in [3.8, 4) is 0 Å². The van der Waals surface area contributed by atoms with Crippen LogP contribution in [0, 0.1) is 11.8 Å². The molecular weight excluding hydrogens is 314 g/mol. The van der Waals surface area contributed by atoms with Gasteiger partial charge in [-0.3, -0.25) is 0 Å². The van der Waals surface area contributed by atoms with Crippen LogP contribution in [0.1, 0.15) is 44.7 Å². The molecule has 1 aliphatic heterocycles. The molecule has 1 aromatic rings. The first kappa shape index (κ1) is 19.7. The number of carbonyl (C=O) groups is 1. The van der Waals surface area contributed by atoms with Gasteiger partial charge in [0.1, 0.15) is 0 Å². The van der Waals surface area contributed by atoms with E-state index in [1.807, 2.05) is 30.3 Å². The molecule has 1 saturated heterocycles. The Morgan fingerprint density at radius 3 is 2.52 bits per heavy atom. The molecule has 2 amide bonds. The van der Waals surface area contributed by atoms with Crippen molar-refractivity contribution in [2.24, 2.45) is 11.8 Å². The monoisotopic (exact) mass is 347 g/mol. The number of piperidine rings is 1. The topological polar surface area (TPSA) is 64.6 Å². The van der Waals surface area contributed by atoms with Crippen molar-refractivity contribution in [2.75, 3.05) is 32.8 Å². The number of nitrogens with one attached hydrogen (secondary N) is 2. The molecule has 0 radical (unpaired) electrons. The van der Waals surface area contributed by atoms with Gasteiger partial charge in [-0.1, -0.05) is 44.2 Å². The summed E-state index contributed by atoms with van der Waals surface area (Å²) < 4.78 is 0. The number of hydrogen-bond acceptors (Lipinski definition) is 3. The van der Waals surface area contributed by atoms with Crippen LogP contribution >= 0.6 is 0 Å². The summed E-state index contributed by atoms with van der Waals surface area (Å²) in [4.78, 5) is 14.7. The Labute approximate surface area is 151 Å². The van der Waals surface area contributed by atoms with Crippen molar-refractivity contribution in [1.82, 2.24) is 15.5 Å². The maximum absolute atomic E-state index is 12.1. The lowest BCUT2D eigenvalue weighted by Gasteiger charge is -2.32. The molecule has 1 fully saturated rings. The number of rotatable bonds is 8. The molecular formula is C20H33N3O2. The Bertz CT molecular complexity index is 499. The summed E-state index contributed by atoms with van der Waals surface area (Å²) in [5.74, 6) is 1.30. The molecule has 1 heterocycles. The largest absolute Gasteiger partial charge is 0.394 e. The Hall–Kier alpha value is -1.59. The van der Waals surface area contributed by atoms with Crippen molar-refractivity contribution < 1.29 is 9.90 Å². The molecule has 0 aromatic heterocycles. The highest BCUT2D eigenvalue weighted by molar-refractivity contribution is 5.74. The zero-order chi connectivity index (χ0) is 18.1. The maximum Gasteiger partial charge on any atom is 0.315 e. The van der Waals surface area contributed by atoms with Gasteiger partial charge in [-0.15, -0.1) is 0 Å². The van der Waals surface area contributed by atoms with Crippen LogP contribution in [0.25, 0.3) is 0 Å². The van der Waals surface area contributed by atoms with Gasteiger partial charge in [0.25, 0.3) is 0 Å². The number of likely N-dealkylation sites (tertiary alicyclic amines) is 1. The van der Waals surface area contributed by atoms with Crippen LogP contribution in [0.4, 0.5) is 4.79 Å². The molecule has 1 aliphatic rings. The van der Waals surface area contributed by atoms with E-state index < -0.39 is 0 Å². The van der Waals surface area contributed by atoms with Crippen molar-refractivity contribution in [3.05, 3.63) is 35.9 Å². The Morgan fingerprint density at radius 1 is 1.24 bits per heavy atom. The standard InChI is InChI=1S/C20H33N3O2/c1-16(2)8-11-23-12-9-17(10-13-23)14-21-20(25)22-19(15-24)18-6-4-3-5-7-18/h3-7,16-17,19,24H,8-15H2,1-2H3,(H2,21,22,25). The fourth-order valence-electron chi connectivity index (χ4n) is 3.22. The van der Waals surface area contributed by atoms with Gasteiger partial charge in [0, 0.05) is 6.54 Å². The summed E-state index contributed by atoms with van der Waals surface area (Å²) in [6.07, 6.45) is 3.54. The second-order valence-electron chi connectivity index (χ2n) is 7.47. The molecule has 0 bridgehead atoms. The molecule has 5 heteroatoms. The highest BCUT2D eigenvalue weighted by Crippen LogP contribution is 2.17. The van der Waals surface area contributed by atoms with Crippen molar-refractivity contribution >= 4 is 6.03 Å². The van der Waals surface area contributed by atoms with E-state index in [1.54, 1.807) is 0 Å². The minimum absolute atomic E-state index is 0.105. The molecule has 0 aliphatic carbocycles. The summed E-state index contributed by atoms with van der Waals surface area (Å²) in [5.41, 5.74) is 0.915. The molecule has 25 heavy (non-hydrogen) atoms. The lowest BCUT2D eigenvalue weighted by molar-refractivity contribution is 0.173. The summed E-state index contributed by atoms with van der Waals surface area (Å²) in [6, 6.07) is 8.99. The third-order valence-electron chi connectivity index (χ3n) is 4.97. The van der Waals surface area contributed by atoms with Crippen LogP contribution in [0.2, 0.25) is 0 Å². The van der Waals surface area contributed by atoms with Gasteiger partial charge in [0.15, 0.2) is 0 Å². The Balaban J connectivity index is 1.67. The van der Waals surface area contributed by atoms with Gasteiger partial charge in [-0.2, -0.15) is 0 Å². The van der Waals surface area contributed by atoms with Crippen LogP contribution in [0.5, 0.6) is 0 Å². The smallest absolute Gasteiger partial charge is 0.315 e. The molecule has 5 nitrogen and oxygen atoms in total. The van der Waals surface area contributed by atoms with Crippen molar-refractivity contribution in [1.29, 1.82) is 0 Å². The number of urea groups is 1. The Morgan fingerprint density at radius 2 is 1.92 bits per heavy atom. The van der Waals surface area contributed by atoms with Crippen LogP contribution in [0.15, 0.2) is 30.3 Å². The molecule has 1 atom stereocenters. The molecule has 0 saturated carbocycles. The number of nitrogens with zero attached hydrogens (tertiary/aromatic N) is 1. The number of hydrogen-bond donors (Lipinski definition) is 3. The number of aliphatic hydroxyl groups is 1. The van der Waals surface area contributed by atoms with E-state index in [1.165, 1.54) is 13.0 Å². The van der Waals surface area contributed by atoms with Crippen LogP contribution in [-0.4, -0.2) is 48.8 Å². The van der Waals surface area contributed by atoms with E-state index in [4.69, 9.17) is 0 Å². The zero-order valence-corrected chi connectivity index (χ0v) is 15.6. The summed E-state index contributed by atoms with van der Waals surface area (Å²) in [7, 11) is 0. The van der Waals surface area contributed by atoms with Gasteiger partial charge in [0.2, 0.25) is 0 Å². The lowest BCUT2D eigenvalue weighted by atomic mass is 9.96. The van der Waals surface area contributed by atoms with Crippen LogP contribution in [-0.2, 0) is 0 Å². The van der Waals surface area contributed by atoms with E-state index in [0.29, 0.717) is 12.5 Å². The molecule has 1 unspecified atom stereocenters. The van der Waals surface area contributed by atoms with E-state index in [2.05, 4.69) is 29.4 Å². The minimum atomic E-state index is -0.362. The van der Waals surface area contributed by atoms with Gasteiger partial charge in [0.05, 0.1) is 12.6 Å². The highest BCUT2D eigenvalue weighted by Gasteiger charge is 2.20. The average molecular weight is 348 g/mol.